The van der Waals surface area contributed by atoms with Crippen molar-refractivity contribution < 1.29 is 17.9 Å². The quantitative estimate of drug-likeness (QED) is 0.600. The molecule has 0 heterocycles. The molecule has 0 spiro atoms. The zero-order valence-corrected chi connectivity index (χ0v) is 14.7. The summed E-state index contributed by atoms with van der Waals surface area (Å²) in [5, 5.41) is 6.42. The smallest absolute Gasteiger partial charge is 0.422 e. The lowest BCUT2D eigenvalue weighted by Crippen LogP contribution is -2.38. The molecule has 0 radical (unpaired) electrons. The van der Waals surface area contributed by atoms with Gasteiger partial charge in [0, 0.05) is 13.6 Å². The van der Waals surface area contributed by atoms with Gasteiger partial charge in [0.1, 0.15) is 5.75 Å². The van der Waals surface area contributed by atoms with Crippen LogP contribution in [0.5, 0.6) is 5.75 Å². The van der Waals surface area contributed by atoms with E-state index in [1.165, 1.54) is 6.07 Å². The fourth-order valence-electron chi connectivity index (χ4n) is 2.32. The number of aliphatic imine (C=N–C) groups is 1. The predicted octanol–water partition coefficient (Wildman–Crippen LogP) is 4.05. The number of benzene rings is 2. The van der Waals surface area contributed by atoms with Crippen LogP contribution in [0.4, 0.5) is 13.2 Å². The summed E-state index contributed by atoms with van der Waals surface area (Å²) in [6.45, 7) is 1.12. The van der Waals surface area contributed by atoms with Crippen molar-refractivity contribution in [3.8, 4) is 5.75 Å². The third kappa shape index (κ3) is 6.66. The first-order valence-electron chi connectivity index (χ1n) is 8.18. The molecular formula is C19H22F3N3O. The molecule has 0 saturated heterocycles. The number of halogens is 3. The van der Waals surface area contributed by atoms with Gasteiger partial charge in [0.15, 0.2) is 12.6 Å². The molecular weight excluding hydrogens is 343 g/mol. The number of hydrogen-bond donors (Lipinski definition) is 2. The molecule has 4 nitrogen and oxygen atoms in total. The average molecular weight is 365 g/mol. The maximum Gasteiger partial charge on any atom is 0.422 e. The molecule has 1 unspecified atom stereocenters. The van der Waals surface area contributed by atoms with Crippen molar-refractivity contribution in [3.05, 3.63) is 65.7 Å². The van der Waals surface area contributed by atoms with Crippen LogP contribution in [0, 0.1) is 0 Å². The average Bonchev–Trinajstić information content (AvgIpc) is 2.64. The Kier molecular flexibility index (Phi) is 6.89. The van der Waals surface area contributed by atoms with Crippen molar-refractivity contribution in [1.82, 2.24) is 10.6 Å². The van der Waals surface area contributed by atoms with Gasteiger partial charge in [-0.15, -0.1) is 0 Å². The van der Waals surface area contributed by atoms with Crippen molar-refractivity contribution >= 4 is 5.96 Å². The fourth-order valence-corrected chi connectivity index (χ4v) is 2.32. The van der Waals surface area contributed by atoms with E-state index in [9.17, 15) is 13.2 Å². The Morgan fingerprint density at radius 3 is 2.50 bits per heavy atom. The molecule has 0 bridgehead atoms. The standard InChI is InChI=1S/C19H22F3N3O/c1-14(16-8-4-3-5-9-16)25-18(23-2)24-12-15-7-6-10-17(11-15)26-13-19(20,21)22/h3-11,14H,12-13H2,1-2H3,(H2,23,24,25). The Balaban J connectivity index is 1.90. The fraction of sp³-hybridized carbons (Fsp3) is 0.316. The van der Waals surface area contributed by atoms with Gasteiger partial charge < -0.3 is 15.4 Å². The van der Waals surface area contributed by atoms with E-state index in [1.54, 1.807) is 25.2 Å². The second-order valence-electron chi connectivity index (χ2n) is 5.75. The van der Waals surface area contributed by atoms with Crippen LogP contribution < -0.4 is 15.4 Å². The Hall–Kier alpha value is -2.70. The minimum atomic E-state index is -4.35. The lowest BCUT2D eigenvalue weighted by molar-refractivity contribution is -0.153. The Labute approximate surface area is 151 Å². The number of alkyl halides is 3. The van der Waals surface area contributed by atoms with Crippen LogP contribution >= 0.6 is 0 Å². The van der Waals surface area contributed by atoms with E-state index >= 15 is 0 Å². The molecule has 7 heteroatoms. The molecule has 0 saturated carbocycles. The van der Waals surface area contributed by atoms with E-state index in [1.807, 2.05) is 37.3 Å². The largest absolute Gasteiger partial charge is 0.484 e. The van der Waals surface area contributed by atoms with Crippen molar-refractivity contribution in [1.29, 1.82) is 0 Å². The van der Waals surface area contributed by atoms with E-state index in [0.29, 0.717) is 12.5 Å². The summed E-state index contributed by atoms with van der Waals surface area (Å²) in [4.78, 5) is 4.17. The minimum Gasteiger partial charge on any atom is -0.484 e. The third-order valence-electron chi connectivity index (χ3n) is 3.64. The summed E-state index contributed by atoms with van der Waals surface area (Å²) in [5.41, 5.74) is 1.91. The van der Waals surface area contributed by atoms with Crippen LogP contribution in [0.15, 0.2) is 59.6 Å². The topological polar surface area (TPSA) is 45.7 Å². The Morgan fingerprint density at radius 2 is 1.85 bits per heavy atom. The van der Waals surface area contributed by atoms with Crippen molar-refractivity contribution in [2.24, 2.45) is 4.99 Å². The molecule has 0 aliphatic rings. The van der Waals surface area contributed by atoms with Crippen LogP contribution in [-0.2, 0) is 6.54 Å². The summed E-state index contributed by atoms with van der Waals surface area (Å²) in [6, 6.07) is 16.5. The Morgan fingerprint density at radius 1 is 1.12 bits per heavy atom. The van der Waals surface area contributed by atoms with Gasteiger partial charge in [0.05, 0.1) is 6.04 Å². The van der Waals surface area contributed by atoms with E-state index in [4.69, 9.17) is 4.74 Å². The number of nitrogens with one attached hydrogen (secondary N) is 2. The van der Waals surface area contributed by atoms with Gasteiger partial charge in [0.2, 0.25) is 0 Å². The van der Waals surface area contributed by atoms with Gasteiger partial charge in [-0.25, -0.2) is 0 Å². The van der Waals surface area contributed by atoms with Gasteiger partial charge in [-0.3, -0.25) is 4.99 Å². The molecule has 2 N–H and O–H groups in total. The van der Waals surface area contributed by atoms with Crippen LogP contribution in [0.2, 0.25) is 0 Å². The number of hydrogen-bond acceptors (Lipinski definition) is 2. The van der Waals surface area contributed by atoms with Crippen molar-refractivity contribution in [2.45, 2.75) is 25.7 Å². The van der Waals surface area contributed by atoms with E-state index in [0.717, 1.165) is 11.1 Å². The first-order chi connectivity index (χ1) is 12.4. The molecule has 0 aliphatic carbocycles. The van der Waals surface area contributed by atoms with Gasteiger partial charge in [-0.05, 0) is 30.2 Å². The van der Waals surface area contributed by atoms with E-state index < -0.39 is 12.8 Å². The maximum absolute atomic E-state index is 12.2. The monoisotopic (exact) mass is 365 g/mol. The number of nitrogens with zero attached hydrogens (tertiary/aromatic N) is 1. The second-order valence-corrected chi connectivity index (χ2v) is 5.75. The highest BCUT2D eigenvalue weighted by molar-refractivity contribution is 5.80. The lowest BCUT2D eigenvalue weighted by atomic mass is 10.1. The van der Waals surface area contributed by atoms with Gasteiger partial charge in [-0.1, -0.05) is 42.5 Å². The summed E-state index contributed by atoms with van der Waals surface area (Å²) < 4.78 is 41.5. The third-order valence-corrected chi connectivity index (χ3v) is 3.64. The normalized spacial score (nSPS) is 13.2. The summed E-state index contributed by atoms with van der Waals surface area (Å²) >= 11 is 0. The number of guanidine groups is 1. The molecule has 2 aromatic rings. The highest BCUT2D eigenvalue weighted by Crippen LogP contribution is 2.19. The Bertz CT molecular complexity index is 717. The van der Waals surface area contributed by atoms with Crippen LogP contribution in [0.3, 0.4) is 0 Å². The minimum absolute atomic E-state index is 0.0591. The predicted molar refractivity (Wildman–Crippen MR) is 96.2 cm³/mol. The number of ether oxygens (including phenoxy) is 1. The lowest BCUT2D eigenvalue weighted by Gasteiger charge is -2.18. The number of rotatable bonds is 6. The SMILES string of the molecule is CN=C(NCc1cccc(OCC(F)(F)F)c1)NC(C)c1ccccc1. The highest BCUT2D eigenvalue weighted by atomic mass is 19.4. The molecule has 0 aromatic heterocycles. The zero-order valence-electron chi connectivity index (χ0n) is 14.7. The summed E-state index contributed by atoms with van der Waals surface area (Å²) in [7, 11) is 1.66. The van der Waals surface area contributed by atoms with Crippen molar-refractivity contribution in [2.75, 3.05) is 13.7 Å². The first kappa shape index (κ1) is 19.6. The highest BCUT2D eigenvalue weighted by Gasteiger charge is 2.28. The van der Waals surface area contributed by atoms with Gasteiger partial charge >= 0.3 is 6.18 Å². The zero-order chi connectivity index (χ0) is 19.0. The van der Waals surface area contributed by atoms with E-state index in [2.05, 4.69) is 15.6 Å². The molecule has 0 aliphatic heterocycles. The van der Waals surface area contributed by atoms with E-state index in [-0.39, 0.29) is 11.8 Å². The molecule has 140 valence electrons. The summed E-state index contributed by atoms with van der Waals surface area (Å²) in [5.74, 6) is 0.783. The van der Waals surface area contributed by atoms with Crippen molar-refractivity contribution in [3.63, 3.8) is 0 Å². The molecule has 2 rings (SSSR count). The molecule has 26 heavy (non-hydrogen) atoms. The molecule has 0 amide bonds. The second kappa shape index (κ2) is 9.12. The molecule has 2 aromatic carbocycles. The van der Waals surface area contributed by atoms with Gasteiger partial charge in [0.25, 0.3) is 0 Å². The molecule has 0 fully saturated rings. The van der Waals surface area contributed by atoms with Crippen LogP contribution in [0.25, 0.3) is 0 Å². The van der Waals surface area contributed by atoms with Crippen LogP contribution in [-0.4, -0.2) is 25.8 Å². The van der Waals surface area contributed by atoms with Crippen LogP contribution in [0.1, 0.15) is 24.1 Å². The maximum atomic E-state index is 12.2. The van der Waals surface area contributed by atoms with Gasteiger partial charge in [-0.2, -0.15) is 13.2 Å². The summed E-state index contributed by atoms with van der Waals surface area (Å²) in [6.07, 6.45) is -4.35. The first-order valence-corrected chi connectivity index (χ1v) is 8.18. The molecule has 1 atom stereocenters.